The van der Waals surface area contributed by atoms with E-state index >= 15 is 0 Å². The maximum absolute atomic E-state index is 13.2. The number of methoxy groups -OCH3 is 1. The summed E-state index contributed by atoms with van der Waals surface area (Å²) in [5.41, 5.74) is 0.169. The summed E-state index contributed by atoms with van der Waals surface area (Å²) in [6, 6.07) is 9.20. The first-order chi connectivity index (χ1) is 14.0. The Morgan fingerprint density at radius 3 is 2.86 bits per heavy atom. The standard InChI is InChI=1S/C21H21N3O5/c1-12-9-16(23-29-12)24-11-21-8-7-15(28-21)17(18(21)20(24)26)19(25)22-10-13-3-5-14(27-2)6-4-13/h3-9,15,17-18H,10-11H2,1-2H3,(H,22,25)/t15-,17+,18+,21+/m1/s1. The minimum atomic E-state index is -0.781. The van der Waals surface area contributed by atoms with Gasteiger partial charge in [-0.25, -0.2) is 0 Å². The molecule has 1 spiro atoms. The van der Waals surface area contributed by atoms with Gasteiger partial charge in [-0.1, -0.05) is 29.4 Å². The molecule has 29 heavy (non-hydrogen) atoms. The number of nitrogens with zero attached hydrogens (tertiary/aromatic N) is 2. The number of carbonyl (C=O) groups is 2. The van der Waals surface area contributed by atoms with Gasteiger partial charge in [-0.2, -0.15) is 0 Å². The van der Waals surface area contributed by atoms with Gasteiger partial charge < -0.3 is 19.3 Å². The van der Waals surface area contributed by atoms with Crippen molar-refractivity contribution in [1.29, 1.82) is 0 Å². The normalized spacial score (nSPS) is 29.4. The van der Waals surface area contributed by atoms with Gasteiger partial charge in [-0.05, 0) is 24.6 Å². The molecule has 2 saturated heterocycles. The predicted molar refractivity (Wildman–Crippen MR) is 102 cm³/mol. The van der Waals surface area contributed by atoms with E-state index in [0.29, 0.717) is 24.7 Å². The number of benzene rings is 1. The minimum absolute atomic E-state index is 0.158. The molecule has 0 saturated carbocycles. The lowest BCUT2D eigenvalue weighted by Gasteiger charge is -2.23. The molecule has 1 aromatic heterocycles. The fourth-order valence-electron chi connectivity index (χ4n) is 4.52. The lowest BCUT2D eigenvalue weighted by atomic mass is 9.77. The summed E-state index contributed by atoms with van der Waals surface area (Å²) >= 11 is 0. The van der Waals surface area contributed by atoms with Crippen molar-refractivity contribution >= 4 is 17.6 Å². The number of aromatic nitrogens is 1. The fraction of sp³-hybridized carbons (Fsp3) is 0.381. The summed E-state index contributed by atoms with van der Waals surface area (Å²) in [5, 5.41) is 6.91. The summed E-state index contributed by atoms with van der Waals surface area (Å²) in [6.07, 6.45) is 3.42. The fourth-order valence-corrected chi connectivity index (χ4v) is 4.52. The van der Waals surface area contributed by atoms with Crippen molar-refractivity contribution in [3.8, 4) is 5.75 Å². The van der Waals surface area contributed by atoms with Gasteiger partial charge in [0.1, 0.15) is 17.1 Å². The van der Waals surface area contributed by atoms with Gasteiger partial charge in [-0.3, -0.25) is 14.5 Å². The van der Waals surface area contributed by atoms with Gasteiger partial charge in [0.05, 0.1) is 31.6 Å². The molecule has 3 aliphatic heterocycles. The summed E-state index contributed by atoms with van der Waals surface area (Å²) in [7, 11) is 1.61. The molecule has 0 unspecified atom stereocenters. The highest BCUT2D eigenvalue weighted by Gasteiger charge is 2.67. The number of fused-ring (bicyclic) bond motifs is 1. The highest BCUT2D eigenvalue weighted by atomic mass is 16.5. The van der Waals surface area contributed by atoms with Crippen LogP contribution in [0.5, 0.6) is 5.75 Å². The van der Waals surface area contributed by atoms with Gasteiger partial charge in [0.2, 0.25) is 11.8 Å². The Kier molecular flexibility index (Phi) is 3.99. The number of rotatable bonds is 5. The highest BCUT2D eigenvalue weighted by molar-refractivity contribution is 6.02. The van der Waals surface area contributed by atoms with Crippen LogP contribution in [0, 0.1) is 18.8 Å². The lowest BCUT2D eigenvalue weighted by Crippen LogP contribution is -2.44. The van der Waals surface area contributed by atoms with Crippen LogP contribution in [0.15, 0.2) is 47.0 Å². The van der Waals surface area contributed by atoms with E-state index in [1.165, 1.54) is 0 Å². The molecule has 0 radical (unpaired) electrons. The summed E-state index contributed by atoms with van der Waals surface area (Å²) in [5.74, 6) is 0.358. The van der Waals surface area contributed by atoms with Crippen molar-refractivity contribution in [1.82, 2.24) is 10.5 Å². The van der Waals surface area contributed by atoms with Crippen LogP contribution >= 0.6 is 0 Å². The molecule has 8 heteroatoms. The molecular formula is C21H21N3O5. The summed E-state index contributed by atoms with van der Waals surface area (Å²) < 4.78 is 16.4. The second-order valence-electron chi connectivity index (χ2n) is 7.69. The zero-order valence-corrected chi connectivity index (χ0v) is 16.1. The first-order valence-corrected chi connectivity index (χ1v) is 9.53. The summed E-state index contributed by atoms with van der Waals surface area (Å²) in [4.78, 5) is 27.7. The van der Waals surface area contributed by atoms with Gasteiger partial charge >= 0.3 is 0 Å². The number of amides is 2. The Bertz CT molecular complexity index is 998. The van der Waals surface area contributed by atoms with E-state index in [4.69, 9.17) is 14.0 Å². The molecule has 0 aliphatic carbocycles. The SMILES string of the molecule is COc1ccc(CNC(=O)[C@@H]2[C@H]3C(=O)N(c4cc(C)on4)C[C@@]34C=C[C@H]2O4)cc1. The number of nitrogens with one attached hydrogen (secondary N) is 1. The molecule has 2 amide bonds. The number of aryl methyl sites for hydroxylation is 1. The molecule has 8 nitrogen and oxygen atoms in total. The zero-order chi connectivity index (χ0) is 20.2. The molecule has 2 bridgehead atoms. The average Bonchev–Trinajstić information content (AvgIpc) is 3.47. The van der Waals surface area contributed by atoms with Gasteiger partial charge in [-0.15, -0.1) is 0 Å². The van der Waals surface area contributed by atoms with Gasteiger partial charge in [0, 0.05) is 12.6 Å². The number of ether oxygens (including phenoxy) is 2. The van der Waals surface area contributed by atoms with E-state index in [2.05, 4.69) is 10.5 Å². The van der Waals surface area contributed by atoms with Crippen LogP contribution in [0.1, 0.15) is 11.3 Å². The molecule has 4 heterocycles. The molecule has 3 aliphatic rings. The van der Waals surface area contributed by atoms with Crippen LogP contribution in [0.3, 0.4) is 0 Å². The van der Waals surface area contributed by atoms with Crippen LogP contribution in [0.4, 0.5) is 5.82 Å². The minimum Gasteiger partial charge on any atom is -0.497 e. The number of hydrogen-bond acceptors (Lipinski definition) is 6. The maximum atomic E-state index is 13.2. The smallest absolute Gasteiger partial charge is 0.235 e. The van der Waals surface area contributed by atoms with E-state index in [0.717, 1.165) is 11.3 Å². The van der Waals surface area contributed by atoms with E-state index < -0.39 is 17.4 Å². The third kappa shape index (κ3) is 2.74. The van der Waals surface area contributed by atoms with Crippen molar-refractivity contribution in [2.24, 2.45) is 11.8 Å². The maximum Gasteiger partial charge on any atom is 0.235 e. The molecular weight excluding hydrogens is 374 g/mol. The third-order valence-corrected chi connectivity index (χ3v) is 5.92. The van der Waals surface area contributed by atoms with Crippen molar-refractivity contribution in [3.05, 3.63) is 53.8 Å². The molecule has 1 N–H and O–H groups in total. The average molecular weight is 395 g/mol. The molecule has 4 atom stereocenters. The Morgan fingerprint density at radius 2 is 2.17 bits per heavy atom. The van der Waals surface area contributed by atoms with Crippen molar-refractivity contribution in [3.63, 3.8) is 0 Å². The molecule has 150 valence electrons. The topological polar surface area (TPSA) is 93.9 Å². The summed E-state index contributed by atoms with van der Waals surface area (Å²) in [6.45, 7) is 2.47. The van der Waals surface area contributed by atoms with Crippen molar-refractivity contribution in [2.75, 3.05) is 18.6 Å². The Hall–Kier alpha value is -3.13. The van der Waals surface area contributed by atoms with E-state index in [9.17, 15) is 9.59 Å². The number of anilines is 1. The molecule has 1 aromatic carbocycles. The number of carbonyl (C=O) groups excluding carboxylic acids is 2. The first-order valence-electron chi connectivity index (χ1n) is 9.53. The Labute approximate surface area is 167 Å². The van der Waals surface area contributed by atoms with Gasteiger partial charge in [0.15, 0.2) is 5.82 Å². The monoisotopic (exact) mass is 395 g/mol. The van der Waals surface area contributed by atoms with Crippen molar-refractivity contribution < 1.29 is 23.6 Å². The quantitative estimate of drug-likeness (QED) is 0.773. The lowest BCUT2D eigenvalue weighted by molar-refractivity contribution is -0.132. The van der Waals surface area contributed by atoms with E-state index in [1.807, 2.05) is 36.4 Å². The van der Waals surface area contributed by atoms with Crippen LogP contribution in [0.2, 0.25) is 0 Å². The largest absolute Gasteiger partial charge is 0.497 e. The van der Waals surface area contributed by atoms with Crippen LogP contribution in [-0.2, 0) is 20.9 Å². The molecule has 5 rings (SSSR count). The van der Waals surface area contributed by atoms with Gasteiger partial charge in [0.25, 0.3) is 0 Å². The van der Waals surface area contributed by atoms with Crippen LogP contribution in [0.25, 0.3) is 0 Å². The Balaban J connectivity index is 1.33. The first kappa shape index (κ1) is 17.9. The van der Waals surface area contributed by atoms with Crippen molar-refractivity contribution in [2.45, 2.75) is 25.2 Å². The molecule has 2 aromatic rings. The van der Waals surface area contributed by atoms with Crippen LogP contribution < -0.4 is 15.0 Å². The second kappa shape index (κ2) is 6.45. The van der Waals surface area contributed by atoms with E-state index in [1.54, 1.807) is 25.0 Å². The third-order valence-electron chi connectivity index (χ3n) is 5.92. The van der Waals surface area contributed by atoms with E-state index in [-0.39, 0.29) is 17.9 Å². The highest BCUT2D eigenvalue weighted by Crippen LogP contribution is 2.52. The second-order valence-corrected chi connectivity index (χ2v) is 7.69. The Morgan fingerprint density at radius 1 is 1.38 bits per heavy atom. The zero-order valence-electron chi connectivity index (χ0n) is 16.1. The molecule has 2 fully saturated rings. The van der Waals surface area contributed by atoms with Crippen LogP contribution in [-0.4, -0.2) is 42.3 Å². The number of hydrogen-bond donors (Lipinski definition) is 1. The predicted octanol–water partition coefficient (Wildman–Crippen LogP) is 1.59.